The van der Waals surface area contributed by atoms with Crippen LogP contribution in [0.1, 0.15) is 6.92 Å². The molecule has 0 aliphatic rings. The number of nitrogens with two attached hydrogens (primary N) is 1. The van der Waals surface area contributed by atoms with Crippen LogP contribution in [0.5, 0.6) is 0 Å². The van der Waals surface area contributed by atoms with E-state index < -0.39 is 0 Å². The van der Waals surface area contributed by atoms with Crippen molar-refractivity contribution in [2.24, 2.45) is 0 Å². The van der Waals surface area contributed by atoms with Crippen LogP contribution in [0.25, 0.3) is 11.1 Å². The highest BCUT2D eigenvalue weighted by atomic mass is 32.2. The number of nitrogens with one attached hydrogen (secondary N) is 1. The average molecular weight is 339 g/mol. The lowest BCUT2D eigenvalue weighted by atomic mass is 10.0. The average Bonchev–Trinajstić information content (AvgIpc) is 3.01. The molecule has 1 heterocycles. The van der Waals surface area contributed by atoms with E-state index in [9.17, 15) is 4.79 Å². The van der Waals surface area contributed by atoms with Crippen LogP contribution < -0.4 is 11.2 Å². The predicted molar refractivity (Wildman–Crippen MR) is 96.0 cm³/mol. The molecule has 3 N–H and O–H groups in total. The molecule has 2 aromatic carbocycles. The fourth-order valence-corrected chi connectivity index (χ4v) is 2.97. The van der Waals surface area contributed by atoms with Crippen LogP contribution in [0.15, 0.2) is 66.1 Å². The summed E-state index contributed by atoms with van der Waals surface area (Å²) in [5.74, 6) is 5.56. The van der Waals surface area contributed by atoms with E-state index in [4.69, 9.17) is 5.84 Å². The third kappa shape index (κ3) is 3.57. The van der Waals surface area contributed by atoms with Gasteiger partial charge >= 0.3 is 0 Å². The molecule has 0 unspecified atom stereocenters. The molecule has 0 bridgehead atoms. The second-order valence-electron chi connectivity index (χ2n) is 5.18. The molecular formula is C17H17N5OS. The minimum atomic E-state index is -0.361. The number of carbonyl (C=O) groups excluding carboxylic acids is 1. The van der Waals surface area contributed by atoms with Crippen LogP contribution in [-0.4, -0.2) is 26.0 Å². The Morgan fingerprint density at radius 2 is 1.88 bits per heavy atom. The first-order chi connectivity index (χ1) is 11.6. The number of para-hydroxylation sites is 1. The maximum absolute atomic E-state index is 12.5. The largest absolute Gasteiger partial charge is 0.336 e. The monoisotopic (exact) mass is 339 g/mol. The van der Waals surface area contributed by atoms with Gasteiger partial charge in [-0.15, -0.1) is 10.2 Å². The Labute approximate surface area is 144 Å². The first-order valence-corrected chi connectivity index (χ1v) is 8.30. The van der Waals surface area contributed by atoms with Crippen molar-refractivity contribution in [1.29, 1.82) is 0 Å². The number of hydrogen-bond acceptors (Lipinski definition) is 5. The van der Waals surface area contributed by atoms with Crippen LogP contribution in [0.4, 0.5) is 5.69 Å². The Hall–Kier alpha value is -2.80. The molecule has 0 aliphatic heterocycles. The Bertz CT molecular complexity index is 834. The Morgan fingerprint density at radius 1 is 1.17 bits per heavy atom. The Kier molecular flexibility index (Phi) is 4.81. The number of anilines is 1. The number of carbonyl (C=O) groups is 1. The summed E-state index contributed by atoms with van der Waals surface area (Å²) in [6.07, 6.45) is 1.40. The van der Waals surface area contributed by atoms with Gasteiger partial charge in [0, 0.05) is 11.3 Å². The van der Waals surface area contributed by atoms with E-state index in [2.05, 4.69) is 15.5 Å². The summed E-state index contributed by atoms with van der Waals surface area (Å²) in [4.78, 5) is 12.5. The van der Waals surface area contributed by atoms with Gasteiger partial charge in [-0.2, -0.15) is 0 Å². The molecule has 1 aromatic heterocycles. The fourth-order valence-electron chi connectivity index (χ4n) is 2.22. The molecule has 3 aromatic rings. The lowest BCUT2D eigenvalue weighted by molar-refractivity contribution is -0.115. The number of benzene rings is 2. The third-order valence-electron chi connectivity index (χ3n) is 3.46. The Morgan fingerprint density at radius 3 is 2.58 bits per heavy atom. The lowest BCUT2D eigenvalue weighted by Crippen LogP contribution is -2.23. The van der Waals surface area contributed by atoms with E-state index >= 15 is 0 Å². The maximum Gasteiger partial charge on any atom is 0.237 e. The summed E-state index contributed by atoms with van der Waals surface area (Å²) in [5, 5.41) is 10.7. The number of nitrogens with zero attached hydrogens (tertiary/aromatic N) is 3. The van der Waals surface area contributed by atoms with Crippen molar-refractivity contribution < 1.29 is 4.79 Å². The molecule has 0 aliphatic carbocycles. The molecule has 1 atom stereocenters. The molecule has 6 nitrogen and oxygen atoms in total. The maximum atomic E-state index is 12.5. The van der Waals surface area contributed by atoms with Crippen molar-refractivity contribution in [1.82, 2.24) is 14.9 Å². The first kappa shape index (κ1) is 16.1. The van der Waals surface area contributed by atoms with Gasteiger partial charge in [-0.3, -0.25) is 4.79 Å². The van der Waals surface area contributed by atoms with Crippen molar-refractivity contribution in [2.75, 3.05) is 11.2 Å². The van der Waals surface area contributed by atoms with Crippen LogP contribution in [0, 0.1) is 0 Å². The summed E-state index contributed by atoms with van der Waals surface area (Å²) < 4.78 is 1.30. The van der Waals surface area contributed by atoms with Gasteiger partial charge in [-0.25, -0.2) is 4.68 Å². The molecule has 24 heavy (non-hydrogen) atoms. The number of rotatable bonds is 5. The van der Waals surface area contributed by atoms with Crippen molar-refractivity contribution in [2.45, 2.75) is 17.3 Å². The Balaban J connectivity index is 1.76. The normalized spacial score (nSPS) is 11.9. The topological polar surface area (TPSA) is 85.8 Å². The number of aromatic nitrogens is 3. The van der Waals surface area contributed by atoms with Crippen molar-refractivity contribution in [3.63, 3.8) is 0 Å². The van der Waals surface area contributed by atoms with E-state index in [0.29, 0.717) is 5.16 Å². The zero-order valence-corrected chi connectivity index (χ0v) is 13.9. The molecule has 3 rings (SSSR count). The number of amides is 1. The molecule has 0 saturated heterocycles. The third-order valence-corrected chi connectivity index (χ3v) is 4.53. The van der Waals surface area contributed by atoms with Gasteiger partial charge in [-0.1, -0.05) is 60.3 Å². The first-order valence-electron chi connectivity index (χ1n) is 7.42. The van der Waals surface area contributed by atoms with Gasteiger partial charge in [0.05, 0.1) is 5.25 Å². The van der Waals surface area contributed by atoms with Gasteiger partial charge in [0.15, 0.2) is 0 Å². The van der Waals surface area contributed by atoms with Gasteiger partial charge in [-0.05, 0) is 18.6 Å². The second kappa shape index (κ2) is 7.18. The molecule has 122 valence electrons. The molecule has 0 saturated carbocycles. The van der Waals surface area contributed by atoms with Gasteiger partial charge < -0.3 is 11.2 Å². The zero-order chi connectivity index (χ0) is 16.9. The summed E-state index contributed by atoms with van der Waals surface area (Å²) in [5.41, 5.74) is 2.80. The summed E-state index contributed by atoms with van der Waals surface area (Å²) in [7, 11) is 0. The molecule has 0 fully saturated rings. The highest BCUT2D eigenvalue weighted by Gasteiger charge is 2.18. The zero-order valence-electron chi connectivity index (χ0n) is 13.1. The number of hydrogen-bond donors (Lipinski definition) is 2. The minimum Gasteiger partial charge on any atom is -0.336 e. The number of thioether (sulfide) groups is 1. The highest BCUT2D eigenvalue weighted by molar-refractivity contribution is 8.00. The molecule has 7 heteroatoms. The number of nitrogen functional groups attached to an aromatic ring is 1. The molecule has 0 radical (unpaired) electrons. The predicted octanol–water partition coefficient (Wildman–Crippen LogP) is 2.78. The standard InChI is InChI=1S/C17H17N5OS/c1-12(24-17-21-19-11-22(17)18)16(23)20-15-10-6-5-9-14(15)13-7-3-2-4-8-13/h2-12H,18H2,1H3,(H,20,23)/t12-/m0/s1. The summed E-state index contributed by atoms with van der Waals surface area (Å²) in [6, 6.07) is 17.7. The van der Waals surface area contributed by atoms with Crippen molar-refractivity contribution >= 4 is 23.4 Å². The van der Waals surface area contributed by atoms with Crippen molar-refractivity contribution in [3.05, 3.63) is 60.9 Å². The van der Waals surface area contributed by atoms with Crippen LogP contribution >= 0.6 is 11.8 Å². The van der Waals surface area contributed by atoms with Gasteiger partial charge in [0.25, 0.3) is 0 Å². The smallest absolute Gasteiger partial charge is 0.237 e. The summed E-state index contributed by atoms with van der Waals surface area (Å²) >= 11 is 1.26. The van der Waals surface area contributed by atoms with Crippen LogP contribution in [0.2, 0.25) is 0 Å². The van der Waals surface area contributed by atoms with E-state index in [1.54, 1.807) is 6.92 Å². The van der Waals surface area contributed by atoms with E-state index in [0.717, 1.165) is 16.8 Å². The van der Waals surface area contributed by atoms with Crippen LogP contribution in [-0.2, 0) is 4.79 Å². The lowest BCUT2D eigenvalue weighted by Gasteiger charge is -2.14. The molecular weight excluding hydrogens is 322 g/mol. The highest BCUT2D eigenvalue weighted by Crippen LogP contribution is 2.28. The van der Waals surface area contributed by atoms with Gasteiger partial charge in [0.2, 0.25) is 11.1 Å². The molecule has 1 amide bonds. The SMILES string of the molecule is C[C@H](Sc1nncn1N)C(=O)Nc1ccccc1-c1ccccc1. The van der Waals surface area contributed by atoms with Crippen LogP contribution in [0.3, 0.4) is 0 Å². The van der Waals surface area contributed by atoms with Gasteiger partial charge in [0.1, 0.15) is 6.33 Å². The fraction of sp³-hybridized carbons (Fsp3) is 0.118. The molecule has 0 spiro atoms. The van der Waals surface area contributed by atoms with E-state index in [1.807, 2.05) is 54.6 Å². The van der Waals surface area contributed by atoms with Crippen molar-refractivity contribution in [3.8, 4) is 11.1 Å². The minimum absolute atomic E-state index is 0.119. The van der Waals surface area contributed by atoms with E-state index in [1.165, 1.54) is 22.8 Å². The van der Waals surface area contributed by atoms with E-state index in [-0.39, 0.29) is 11.2 Å². The quantitative estimate of drug-likeness (QED) is 0.551. The second-order valence-corrected chi connectivity index (χ2v) is 6.49. The summed E-state index contributed by atoms with van der Waals surface area (Å²) in [6.45, 7) is 1.81.